The Labute approximate surface area is 129 Å². The van der Waals surface area contributed by atoms with Crippen LogP contribution in [-0.4, -0.2) is 29.6 Å². The van der Waals surface area contributed by atoms with Crippen LogP contribution in [0.1, 0.15) is 39.3 Å². The van der Waals surface area contributed by atoms with Gasteiger partial charge in [-0.05, 0) is 56.0 Å². The standard InChI is InChI=1S/C17H21NO2S/c1-12-9-11-21-16(12)13(2)18(3)10-8-14-6-4-5-7-15(14)17(19)20/h4-7,9,11,13H,8,10H2,1-3H3,(H,19,20). The van der Waals surface area contributed by atoms with E-state index in [1.54, 1.807) is 23.5 Å². The van der Waals surface area contributed by atoms with Crippen LogP contribution in [0.2, 0.25) is 0 Å². The number of rotatable bonds is 6. The van der Waals surface area contributed by atoms with Crippen LogP contribution in [0.3, 0.4) is 0 Å². The second-order valence-electron chi connectivity index (χ2n) is 5.34. The van der Waals surface area contributed by atoms with Gasteiger partial charge in [0.1, 0.15) is 0 Å². The fraction of sp³-hybridized carbons (Fsp3) is 0.353. The Balaban J connectivity index is 2.03. The van der Waals surface area contributed by atoms with E-state index in [9.17, 15) is 9.90 Å². The molecule has 2 rings (SSSR count). The molecule has 112 valence electrons. The first-order chi connectivity index (χ1) is 10.0. The molecule has 4 heteroatoms. The molecule has 2 aromatic rings. The first kappa shape index (κ1) is 15.7. The molecule has 0 spiro atoms. The summed E-state index contributed by atoms with van der Waals surface area (Å²) in [7, 11) is 2.09. The van der Waals surface area contributed by atoms with Crippen molar-refractivity contribution < 1.29 is 9.90 Å². The van der Waals surface area contributed by atoms with Crippen LogP contribution in [0.4, 0.5) is 0 Å². The smallest absolute Gasteiger partial charge is 0.335 e. The fourth-order valence-corrected chi connectivity index (χ4v) is 3.50. The van der Waals surface area contributed by atoms with Crippen molar-refractivity contribution in [3.8, 4) is 0 Å². The van der Waals surface area contributed by atoms with Crippen molar-refractivity contribution in [2.75, 3.05) is 13.6 Å². The molecule has 21 heavy (non-hydrogen) atoms. The van der Waals surface area contributed by atoms with E-state index >= 15 is 0 Å². The third-order valence-electron chi connectivity index (χ3n) is 3.92. The maximum Gasteiger partial charge on any atom is 0.335 e. The molecule has 0 saturated carbocycles. The van der Waals surface area contributed by atoms with Crippen LogP contribution < -0.4 is 0 Å². The second kappa shape index (κ2) is 6.87. The SMILES string of the molecule is Cc1ccsc1C(C)N(C)CCc1ccccc1C(=O)O. The maximum atomic E-state index is 11.2. The zero-order valence-corrected chi connectivity index (χ0v) is 13.5. The second-order valence-corrected chi connectivity index (χ2v) is 6.28. The van der Waals surface area contributed by atoms with Crippen LogP contribution in [0.25, 0.3) is 0 Å². The Morgan fingerprint density at radius 1 is 1.33 bits per heavy atom. The highest BCUT2D eigenvalue weighted by molar-refractivity contribution is 7.10. The average Bonchev–Trinajstić information content (AvgIpc) is 2.90. The summed E-state index contributed by atoms with van der Waals surface area (Å²) in [5.74, 6) is -0.851. The summed E-state index contributed by atoms with van der Waals surface area (Å²) in [6.45, 7) is 5.17. The lowest BCUT2D eigenvalue weighted by molar-refractivity contribution is 0.0695. The summed E-state index contributed by atoms with van der Waals surface area (Å²) in [5.41, 5.74) is 2.63. The number of hydrogen-bond acceptors (Lipinski definition) is 3. The maximum absolute atomic E-state index is 11.2. The fourth-order valence-electron chi connectivity index (χ4n) is 2.45. The zero-order chi connectivity index (χ0) is 15.4. The highest BCUT2D eigenvalue weighted by Gasteiger charge is 2.16. The molecule has 0 aliphatic carbocycles. The van der Waals surface area contributed by atoms with Gasteiger partial charge in [0.25, 0.3) is 0 Å². The van der Waals surface area contributed by atoms with Crippen LogP contribution >= 0.6 is 11.3 Å². The normalized spacial score (nSPS) is 12.6. The molecule has 0 aliphatic heterocycles. The highest BCUT2D eigenvalue weighted by atomic mass is 32.1. The molecular weight excluding hydrogens is 282 g/mol. The molecular formula is C17H21NO2S. The predicted molar refractivity (Wildman–Crippen MR) is 87.2 cm³/mol. The van der Waals surface area contributed by atoms with Crippen molar-refractivity contribution >= 4 is 17.3 Å². The van der Waals surface area contributed by atoms with Gasteiger partial charge >= 0.3 is 5.97 Å². The number of carboxylic acid groups (broad SMARTS) is 1. The van der Waals surface area contributed by atoms with Gasteiger partial charge < -0.3 is 5.11 Å². The van der Waals surface area contributed by atoms with E-state index in [1.165, 1.54) is 10.4 Å². The van der Waals surface area contributed by atoms with Gasteiger partial charge in [0.2, 0.25) is 0 Å². The van der Waals surface area contributed by atoms with Crippen LogP contribution in [0.15, 0.2) is 35.7 Å². The summed E-state index contributed by atoms with van der Waals surface area (Å²) >= 11 is 1.78. The van der Waals surface area contributed by atoms with E-state index in [1.807, 2.05) is 12.1 Å². The van der Waals surface area contributed by atoms with E-state index in [0.717, 1.165) is 18.5 Å². The lowest BCUT2D eigenvalue weighted by atomic mass is 10.0. The summed E-state index contributed by atoms with van der Waals surface area (Å²) in [6, 6.07) is 9.73. The summed E-state index contributed by atoms with van der Waals surface area (Å²) in [4.78, 5) is 14.9. The zero-order valence-electron chi connectivity index (χ0n) is 12.7. The quantitative estimate of drug-likeness (QED) is 0.877. The topological polar surface area (TPSA) is 40.5 Å². The number of hydrogen-bond donors (Lipinski definition) is 1. The molecule has 3 nitrogen and oxygen atoms in total. The lowest BCUT2D eigenvalue weighted by Gasteiger charge is -2.24. The molecule has 0 saturated heterocycles. The summed E-state index contributed by atoms with van der Waals surface area (Å²) in [5, 5.41) is 11.3. The predicted octanol–water partition coefficient (Wildman–Crippen LogP) is 3.99. The molecule has 0 fully saturated rings. The van der Waals surface area contributed by atoms with Gasteiger partial charge in [-0.2, -0.15) is 0 Å². The summed E-state index contributed by atoms with van der Waals surface area (Å²) in [6.07, 6.45) is 0.744. The molecule has 1 aromatic heterocycles. The van der Waals surface area contributed by atoms with E-state index in [2.05, 4.69) is 37.2 Å². The minimum atomic E-state index is -0.851. The Hall–Kier alpha value is -1.65. The largest absolute Gasteiger partial charge is 0.478 e. The lowest BCUT2D eigenvalue weighted by Crippen LogP contribution is -2.25. The first-order valence-electron chi connectivity index (χ1n) is 7.06. The number of aryl methyl sites for hydroxylation is 1. The number of carboxylic acids is 1. The van der Waals surface area contributed by atoms with Crippen molar-refractivity contribution in [3.63, 3.8) is 0 Å². The van der Waals surface area contributed by atoms with Crippen molar-refractivity contribution in [1.82, 2.24) is 4.90 Å². The third-order valence-corrected chi connectivity index (χ3v) is 5.11. The van der Waals surface area contributed by atoms with Crippen molar-refractivity contribution in [2.24, 2.45) is 0 Å². The number of thiophene rings is 1. The number of carbonyl (C=O) groups is 1. The Morgan fingerprint density at radius 3 is 2.67 bits per heavy atom. The van der Waals surface area contributed by atoms with E-state index in [-0.39, 0.29) is 0 Å². The van der Waals surface area contributed by atoms with Gasteiger partial charge in [-0.25, -0.2) is 4.79 Å². The van der Waals surface area contributed by atoms with Gasteiger partial charge in [-0.15, -0.1) is 11.3 Å². The highest BCUT2D eigenvalue weighted by Crippen LogP contribution is 2.27. The van der Waals surface area contributed by atoms with E-state index in [4.69, 9.17) is 0 Å². The molecule has 1 unspecified atom stereocenters. The van der Waals surface area contributed by atoms with Gasteiger partial charge in [-0.1, -0.05) is 18.2 Å². The van der Waals surface area contributed by atoms with Gasteiger partial charge in [-0.3, -0.25) is 4.90 Å². The average molecular weight is 303 g/mol. The van der Waals surface area contributed by atoms with Crippen molar-refractivity contribution in [1.29, 1.82) is 0 Å². The number of benzene rings is 1. The van der Waals surface area contributed by atoms with Crippen LogP contribution in [-0.2, 0) is 6.42 Å². The molecule has 1 heterocycles. The minimum absolute atomic E-state index is 0.349. The molecule has 1 atom stereocenters. The van der Waals surface area contributed by atoms with Gasteiger partial charge in [0, 0.05) is 17.5 Å². The number of aromatic carboxylic acids is 1. The summed E-state index contributed by atoms with van der Waals surface area (Å²) < 4.78 is 0. The molecule has 1 aromatic carbocycles. The van der Waals surface area contributed by atoms with Gasteiger partial charge in [0.05, 0.1) is 5.56 Å². The Kier molecular flexibility index (Phi) is 5.15. The van der Waals surface area contributed by atoms with Crippen LogP contribution in [0.5, 0.6) is 0 Å². The van der Waals surface area contributed by atoms with Crippen molar-refractivity contribution in [3.05, 3.63) is 57.3 Å². The number of nitrogens with zero attached hydrogens (tertiary/aromatic N) is 1. The molecule has 1 N–H and O–H groups in total. The van der Waals surface area contributed by atoms with Crippen molar-refractivity contribution in [2.45, 2.75) is 26.3 Å². The molecule has 0 bridgehead atoms. The number of likely N-dealkylation sites (N-methyl/N-ethyl adjacent to an activating group) is 1. The third kappa shape index (κ3) is 3.71. The van der Waals surface area contributed by atoms with Crippen LogP contribution in [0, 0.1) is 6.92 Å². The van der Waals surface area contributed by atoms with E-state index < -0.39 is 5.97 Å². The monoisotopic (exact) mass is 303 g/mol. The van der Waals surface area contributed by atoms with Gasteiger partial charge in [0.15, 0.2) is 0 Å². The molecule has 0 amide bonds. The minimum Gasteiger partial charge on any atom is -0.478 e. The Bertz CT molecular complexity index is 621. The molecule has 0 radical (unpaired) electrons. The molecule has 0 aliphatic rings. The van der Waals surface area contributed by atoms with E-state index in [0.29, 0.717) is 11.6 Å². The Morgan fingerprint density at radius 2 is 2.05 bits per heavy atom. The first-order valence-corrected chi connectivity index (χ1v) is 7.94.